The zero-order valence-corrected chi connectivity index (χ0v) is 10.1. The molecule has 16 heavy (non-hydrogen) atoms. The summed E-state index contributed by atoms with van der Waals surface area (Å²) in [6.07, 6.45) is 1.85. The van der Waals surface area contributed by atoms with Crippen LogP contribution in [0.5, 0.6) is 0 Å². The third-order valence-electron chi connectivity index (χ3n) is 2.42. The minimum Gasteiger partial charge on any atom is -0.375 e. The van der Waals surface area contributed by atoms with E-state index >= 15 is 0 Å². The van der Waals surface area contributed by atoms with Gasteiger partial charge in [-0.05, 0) is 19.1 Å². The molecule has 0 unspecified atom stereocenters. The van der Waals surface area contributed by atoms with Crippen LogP contribution in [0.25, 0.3) is 0 Å². The molecule has 1 heterocycles. The van der Waals surface area contributed by atoms with Crippen LogP contribution in [0, 0.1) is 0 Å². The molecular formula is C12H15N3S. The minimum absolute atomic E-state index is 0.638. The summed E-state index contributed by atoms with van der Waals surface area (Å²) in [5.74, 6) is 0. The summed E-state index contributed by atoms with van der Waals surface area (Å²) in [7, 11) is 0. The highest BCUT2D eigenvalue weighted by Crippen LogP contribution is 2.20. The van der Waals surface area contributed by atoms with Crippen LogP contribution in [0.15, 0.2) is 36.5 Å². The third-order valence-corrected chi connectivity index (χ3v) is 3.23. The van der Waals surface area contributed by atoms with Crippen LogP contribution in [0.2, 0.25) is 0 Å². The number of rotatable bonds is 4. The van der Waals surface area contributed by atoms with Crippen molar-refractivity contribution in [2.24, 2.45) is 0 Å². The minimum atomic E-state index is 0.638. The van der Waals surface area contributed by atoms with Gasteiger partial charge in [0.05, 0.1) is 6.54 Å². The number of hydrogen-bond acceptors (Lipinski definition) is 4. The van der Waals surface area contributed by atoms with Gasteiger partial charge in [0.2, 0.25) is 0 Å². The summed E-state index contributed by atoms with van der Waals surface area (Å²) in [5, 5.41) is 0.638. The molecule has 0 radical (unpaired) electrons. The average molecular weight is 233 g/mol. The van der Waals surface area contributed by atoms with Gasteiger partial charge in [-0.3, -0.25) is 0 Å². The van der Waals surface area contributed by atoms with E-state index < -0.39 is 0 Å². The van der Waals surface area contributed by atoms with Gasteiger partial charge in [0, 0.05) is 23.3 Å². The molecule has 2 rings (SSSR count). The fourth-order valence-electron chi connectivity index (χ4n) is 1.61. The van der Waals surface area contributed by atoms with Crippen molar-refractivity contribution in [3.05, 3.63) is 41.4 Å². The van der Waals surface area contributed by atoms with Crippen molar-refractivity contribution in [2.75, 3.05) is 17.2 Å². The molecule has 84 valence electrons. The summed E-state index contributed by atoms with van der Waals surface area (Å²) in [6, 6.07) is 10.4. The molecule has 0 spiro atoms. The molecule has 0 aliphatic heterocycles. The van der Waals surface area contributed by atoms with Crippen molar-refractivity contribution in [3.8, 4) is 0 Å². The van der Waals surface area contributed by atoms with E-state index in [1.165, 1.54) is 10.6 Å². The smallest absolute Gasteiger partial charge is 0.180 e. The van der Waals surface area contributed by atoms with E-state index in [0.29, 0.717) is 5.13 Å². The van der Waals surface area contributed by atoms with Crippen molar-refractivity contribution >= 4 is 22.2 Å². The van der Waals surface area contributed by atoms with Gasteiger partial charge < -0.3 is 10.6 Å². The number of thiazole rings is 1. The van der Waals surface area contributed by atoms with Gasteiger partial charge in [-0.1, -0.05) is 18.2 Å². The van der Waals surface area contributed by atoms with Gasteiger partial charge in [-0.15, -0.1) is 11.3 Å². The highest BCUT2D eigenvalue weighted by atomic mass is 32.1. The number of nitrogen functional groups attached to an aromatic ring is 1. The largest absolute Gasteiger partial charge is 0.375 e. The van der Waals surface area contributed by atoms with Crippen molar-refractivity contribution in [1.82, 2.24) is 4.98 Å². The number of para-hydroxylation sites is 1. The molecule has 2 aromatic rings. The first kappa shape index (κ1) is 11.0. The first-order valence-electron chi connectivity index (χ1n) is 5.29. The Hall–Kier alpha value is -1.55. The van der Waals surface area contributed by atoms with E-state index in [0.717, 1.165) is 13.1 Å². The molecule has 0 saturated carbocycles. The van der Waals surface area contributed by atoms with E-state index in [9.17, 15) is 0 Å². The predicted octanol–water partition coefficient (Wildman–Crippen LogP) is 2.75. The average Bonchev–Trinajstić information content (AvgIpc) is 2.73. The normalized spacial score (nSPS) is 10.3. The number of aromatic nitrogens is 1. The molecule has 0 amide bonds. The van der Waals surface area contributed by atoms with Crippen LogP contribution >= 0.6 is 11.3 Å². The van der Waals surface area contributed by atoms with Gasteiger partial charge in [-0.25, -0.2) is 4.98 Å². The second-order valence-corrected chi connectivity index (χ2v) is 4.66. The molecule has 0 aliphatic carbocycles. The van der Waals surface area contributed by atoms with E-state index in [1.54, 1.807) is 11.3 Å². The predicted molar refractivity (Wildman–Crippen MR) is 69.7 cm³/mol. The van der Waals surface area contributed by atoms with E-state index in [1.807, 2.05) is 12.3 Å². The molecule has 0 aliphatic rings. The number of benzene rings is 1. The van der Waals surface area contributed by atoms with Crippen molar-refractivity contribution in [3.63, 3.8) is 0 Å². The van der Waals surface area contributed by atoms with Gasteiger partial charge in [0.1, 0.15) is 0 Å². The molecule has 2 N–H and O–H groups in total. The Morgan fingerprint density at radius 3 is 2.62 bits per heavy atom. The maximum atomic E-state index is 5.62. The Bertz CT molecular complexity index is 439. The molecule has 0 fully saturated rings. The fraction of sp³-hybridized carbons (Fsp3) is 0.250. The lowest BCUT2D eigenvalue weighted by Gasteiger charge is -2.21. The van der Waals surface area contributed by atoms with Gasteiger partial charge in [0.15, 0.2) is 5.13 Å². The lowest BCUT2D eigenvalue weighted by Crippen LogP contribution is -2.21. The zero-order valence-electron chi connectivity index (χ0n) is 9.26. The second-order valence-electron chi connectivity index (χ2n) is 3.51. The number of nitrogens with zero attached hydrogens (tertiary/aromatic N) is 2. The Labute approximate surface area is 99.5 Å². The first-order chi connectivity index (χ1) is 7.79. The van der Waals surface area contributed by atoms with E-state index in [2.05, 4.69) is 41.1 Å². The second kappa shape index (κ2) is 4.99. The first-order valence-corrected chi connectivity index (χ1v) is 6.11. The summed E-state index contributed by atoms with van der Waals surface area (Å²) < 4.78 is 0. The zero-order chi connectivity index (χ0) is 11.4. The van der Waals surface area contributed by atoms with Crippen molar-refractivity contribution < 1.29 is 0 Å². The van der Waals surface area contributed by atoms with Crippen LogP contribution in [-0.2, 0) is 6.54 Å². The lowest BCUT2D eigenvalue weighted by molar-refractivity contribution is 0.841. The summed E-state index contributed by atoms with van der Waals surface area (Å²) in [6.45, 7) is 3.99. The van der Waals surface area contributed by atoms with E-state index in [-0.39, 0.29) is 0 Å². The van der Waals surface area contributed by atoms with Gasteiger partial charge in [-0.2, -0.15) is 0 Å². The molecule has 0 saturated heterocycles. The SMILES string of the molecule is CCN(Cc1cnc(N)s1)c1ccccc1. The summed E-state index contributed by atoms with van der Waals surface area (Å²) >= 11 is 1.55. The van der Waals surface area contributed by atoms with Gasteiger partial charge in [0.25, 0.3) is 0 Å². The quantitative estimate of drug-likeness (QED) is 0.883. The summed E-state index contributed by atoms with van der Waals surface area (Å²) in [5.41, 5.74) is 6.86. The van der Waals surface area contributed by atoms with Gasteiger partial charge >= 0.3 is 0 Å². The Kier molecular flexibility index (Phi) is 3.41. The number of nitrogens with two attached hydrogens (primary N) is 1. The van der Waals surface area contributed by atoms with Crippen LogP contribution < -0.4 is 10.6 Å². The van der Waals surface area contributed by atoms with Crippen LogP contribution in [0.4, 0.5) is 10.8 Å². The molecule has 3 nitrogen and oxygen atoms in total. The molecule has 1 aromatic heterocycles. The molecule has 1 aromatic carbocycles. The molecule has 4 heteroatoms. The maximum Gasteiger partial charge on any atom is 0.180 e. The highest BCUT2D eigenvalue weighted by Gasteiger charge is 2.06. The number of anilines is 2. The molecule has 0 bridgehead atoms. The standard InChI is InChI=1S/C12H15N3S/c1-2-15(10-6-4-3-5-7-10)9-11-8-14-12(13)16-11/h3-8H,2,9H2,1H3,(H2,13,14). The fourth-order valence-corrected chi connectivity index (χ4v) is 2.31. The maximum absolute atomic E-state index is 5.62. The Balaban J connectivity index is 2.12. The Morgan fingerprint density at radius 1 is 1.31 bits per heavy atom. The lowest BCUT2D eigenvalue weighted by atomic mass is 10.3. The topological polar surface area (TPSA) is 42.2 Å². The summed E-state index contributed by atoms with van der Waals surface area (Å²) in [4.78, 5) is 7.56. The van der Waals surface area contributed by atoms with Crippen LogP contribution in [0.1, 0.15) is 11.8 Å². The third kappa shape index (κ3) is 2.52. The van der Waals surface area contributed by atoms with Crippen LogP contribution in [-0.4, -0.2) is 11.5 Å². The monoisotopic (exact) mass is 233 g/mol. The van der Waals surface area contributed by atoms with E-state index in [4.69, 9.17) is 5.73 Å². The Morgan fingerprint density at radius 2 is 2.06 bits per heavy atom. The number of hydrogen-bond donors (Lipinski definition) is 1. The molecular weight excluding hydrogens is 218 g/mol. The van der Waals surface area contributed by atoms with Crippen LogP contribution in [0.3, 0.4) is 0 Å². The van der Waals surface area contributed by atoms with Crippen molar-refractivity contribution in [1.29, 1.82) is 0 Å². The van der Waals surface area contributed by atoms with Crippen molar-refractivity contribution in [2.45, 2.75) is 13.5 Å². The highest BCUT2D eigenvalue weighted by molar-refractivity contribution is 7.15. The molecule has 0 atom stereocenters.